The maximum atomic E-state index is 12.0. The number of nitrogens with zero attached hydrogens (tertiary/aromatic N) is 1. The van der Waals surface area contributed by atoms with Crippen LogP contribution in [0.15, 0.2) is 18.2 Å². The molecule has 4 N–H and O–H groups in total. The second-order valence-electron chi connectivity index (χ2n) is 5.69. The Bertz CT molecular complexity index is 490. The predicted octanol–water partition coefficient (Wildman–Crippen LogP) is 1.22. The third kappa shape index (κ3) is 3.71. The van der Waals surface area contributed by atoms with Crippen LogP contribution in [0.2, 0.25) is 0 Å². The molecule has 0 radical (unpaired) electrons. The number of aliphatic hydroxyl groups excluding tert-OH is 1. The van der Waals surface area contributed by atoms with Gasteiger partial charge in [0.25, 0.3) is 0 Å². The summed E-state index contributed by atoms with van der Waals surface area (Å²) < 4.78 is 0. The van der Waals surface area contributed by atoms with Gasteiger partial charge in [-0.25, -0.2) is 0 Å². The number of likely N-dealkylation sites (tertiary alicyclic amines) is 1. The Kier molecular flexibility index (Phi) is 4.62. The standard InChI is InChI=1S/C15H23N3O2/c1-10-3-4-12(7-13(10)16)17-15(20)9-18-6-5-11(2)14(19)8-18/h3-4,7,11,14,19H,5-6,8-9,16H2,1-2H3,(H,17,20). The highest BCUT2D eigenvalue weighted by atomic mass is 16.3. The van der Waals surface area contributed by atoms with Gasteiger partial charge in [-0.3, -0.25) is 9.69 Å². The lowest BCUT2D eigenvalue weighted by Crippen LogP contribution is -2.45. The first-order valence-electron chi connectivity index (χ1n) is 7.02. The van der Waals surface area contributed by atoms with Gasteiger partial charge in [-0.05, 0) is 43.5 Å². The molecule has 1 aromatic rings. The largest absolute Gasteiger partial charge is 0.398 e. The lowest BCUT2D eigenvalue weighted by atomic mass is 9.96. The number of rotatable bonds is 3. The molecule has 1 aliphatic heterocycles. The highest BCUT2D eigenvalue weighted by Gasteiger charge is 2.25. The van der Waals surface area contributed by atoms with Crippen molar-refractivity contribution in [1.29, 1.82) is 0 Å². The molecular formula is C15H23N3O2. The average molecular weight is 277 g/mol. The first kappa shape index (κ1) is 14.8. The minimum Gasteiger partial charge on any atom is -0.398 e. The molecular weight excluding hydrogens is 254 g/mol. The minimum atomic E-state index is -0.341. The Morgan fingerprint density at radius 1 is 1.55 bits per heavy atom. The molecule has 1 aromatic carbocycles. The lowest BCUT2D eigenvalue weighted by Gasteiger charge is -2.33. The number of hydrogen-bond acceptors (Lipinski definition) is 4. The van der Waals surface area contributed by atoms with E-state index in [1.54, 1.807) is 6.07 Å². The molecule has 1 fully saturated rings. The Balaban J connectivity index is 1.87. The van der Waals surface area contributed by atoms with Gasteiger partial charge < -0.3 is 16.2 Å². The molecule has 5 heteroatoms. The second kappa shape index (κ2) is 6.24. The molecule has 1 amide bonds. The highest BCUT2D eigenvalue weighted by molar-refractivity contribution is 5.92. The van der Waals surface area contributed by atoms with Crippen LogP contribution >= 0.6 is 0 Å². The predicted molar refractivity (Wildman–Crippen MR) is 80.4 cm³/mol. The van der Waals surface area contributed by atoms with E-state index in [1.165, 1.54) is 0 Å². The summed E-state index contributed by atoms with van der Waals surface area (Å²) in [5.41, 5.74) is 8.20. The normalized spacial score (nSPS) is 23.6. The van der Waals surface area contributed by atoms with E-state index < -0.39 is 0 Å². The SMILES string of the molecule is Cc1ccc(NC(=O)CN2CCC(C)C(O)C2)cc1N. The van der Waals surface area contributed by atoms with Crippen molar-refractivity contribution in [3.63, 3.8) is 0 Å². The van der Waals surface area contributed by atoms with Gasteiger partial charge in [-0.15, -0.1) is 0 Å². The van der Waals surface area contributed by atoms with E-state index in [9.17, 15) is 9.90 Å². The zero-order valence-electron chi connectivity index (χ0n) is 12.1. The van der Waals surface area contributed by atoms with Crippen molar-refractivity contribution >= 4 is 17.3 Å². The van der Waals surface area contributed by atoms with Crippen LogP contribution in [0, 0.1) is 12.8 Å². The van der Waals surface area contributed by atoms with E-state index in [2.05, 4.69) is 5.32 Å². The number of anilines is 2. The number of nitrogens with one attached hydrogen (secondary N) is 1. The van der Waals surface area contributed by atoms with Crippen molar-refractivity contribution in [2.75, 3.05) is 30.7 Å². The third-order valence-electron chi connectivity index (χ3n) is 3.93. The van der Waals surface area contributed by atoms with E-state index in [1.807, 2.05) is 30.9 Å². The molecule has 2 rings (SSSR count). The van der Waals surface area contributed by atoms with Crippen LogP contribution in [-0.2, 0) is 4.79 Å². The van der Waals surface area contributed by atoms with E-state index in [0.717, 1.165) is 18.5 Å². The zero-order chi connectivity index (χ0) is 14.7. The van der Waals surface area contributed by atoms with Crippen molar-refractivity contribution in [1.82, 2.24) is 4.90 Å². The number of amides is 1. The lowest BCUT2D eigenvalue weighted by molar-refractivity contribution is -0.118. The van der Waals surface area contributed by atoms with Gasteiger partial charge in [-0.1, -0.05) is 13.0 Å². The van der Waals surface area contributed by atoms with Crippen molar-refractivity contribution in [3.05, 3.63) is 23.8 Å². The first-order chi connectivity index (χ1) is 9.45. The minimum absolute atomic E-state index is 0.0741. The van der Waals surface area contributed by atoms with Gasteiger partial charge in [0.05, 0.1) is 12.6 Å². The summed E-state index contributed by atoms with van der Waals surface area (Å²) in [7, 11) is 0. The Morgan fingerprint density at radius 2 is 2.30 bits per heavy atom. The number of carbonyl (C=O) groups excluding carboxylic acids is 1. The second-order valence-corrected chi connectivity index (χ2v) is 5.69. The zero-order valence-corrected chi connectivity index (χ0v) is 12.1. The fourth-order valence-electron chi connectivity index (χ4n) is 2.38. The van der Waals surface area contributed by atoms with Gasteiger partial charge in [0, 0.05) is 17.9 Å². The number of nitrogen functional groups attached to an aromatic ring is 1. The molecule has 0 bridgehead atoms. The quantitative estimate of drug-likeness (QED) is 0.726. The fraction of sp³-hybridized carbons (Fsp3) is 0.533. The topological polar surface area (TPSA) is 78.6 Å². The number of hydrogen-bond donors (Lipinski definition) is 3. The van der Waals surface area contributed by atoms with Crippen LogP contribution in [0.1, 0.15) is 18.9 Å². The summed E-state index contributed by atoms with van der Waals surface area (Å²) in [6.07, 6.45) is 0.581. The van der Waals surface area contributed by atoms with Gasteiger partial charge in [0.15, 0.2) is 0 Å². The summed E-state index contributed by atoms with van der Waals surface area (Å²) in [5.74, 6) is 0.237. The molecule has 0 aliphatic carbocycles. The van der Waals surface area contributed by atoms with Crippen LogP contribution in [0.25, 0.3) is 0 Å². The highest BCUT2D eigenvalue weighted by Crippen LogP contribution is 2.18. The van der Waals surface area contributed by atoms with Crippen molar-refractivity contribution in [2.45, 2.75) is 26.4 Å². The molecule has 5 nitrogen and oxygen atoms in total. The number of aliphatic hydroxyl groups is 1. The van der Waals surface area contributed by atoms with Gasteiger partial charge in [0.2, 0.25) is 5.91 Å². The maximum Gasteiger partial charge on any atom is 0.238 e. The molecule has 1 heterocycles. The first-order valence-corrected chi connectivity index (χ1v) is 7.02. The number of piperidine rings is 1. The number of nitrogens with two attached hydrogens (primary N) is 1. The molecule has 0 saturated carbocycles. The summed E-state index contributed by atoms with van der Waals surface area (Å²) >= 11 is 0. The van der Waals surface area contributed by atoms with E-state index in [4.69, 9.17) is 5.73 Å². The van der Waals surface area contributed by atoms with Gasteiger partial charge in [0.1, 0.15) is 0 Å². The number of carbonyl (C=O) groups is 1. The average Bonchev–Trinajstić information content (AvgIpc) is 2.38. The molecule has 110 valence electrons. The number of β-amino-alcohol motifs (C(OH)–C–C–N with tert-alkyl or cyclic N) is 1. The van der Waals surface area contributed by atoms with Gasteiger partial charge >= 0.3 is 0 Å². The van der Waals surface area contributed by atoms with Crippen LogP contribution in [0.5, 0.6) is 0 Å². The van der Waals surface area contributed by atoms with Crippen LogP contribution in [-0.4, -0.2) is 41.7 Å². The van der Waals surface area contributed by atoms with Crippen molar-refractivity contribution < 1.29 is 9.90 Å². The maximum absolute atomic E-state index is 12.0. The summed E-state index contributed by atoms with van der Waals surface area (Å²) in [6, 6.07) is 5.49. The fourth-order valence-corrected chi connectivity index (χ4v) is 2.38. The number of benzene rings is 1. The Hall–Kier alpha value is -1.59. The summed E-state index contributed by atoms with van der Waals surface area (Å²) in [5, 5.41) is 12.7. The molecule has 0 aromatic heterocycles. The summed E-state index contributed by atoms with van der Waals surface area (Å²) in [4.78, 5) is 14.0. The van der Waals surface area contributed by atoms with Crippen LogP contribution in [0.3, 0.4) is 0 Å². The molecule has 1 saturated heterocycles. The number of aryl methyl sites for hydroxylation is 1. The molecule has 0 spiro atoms. The van der Waals surface area contributed by atoms with Gasteiger partial charge in [-0.2, -0.15) is 0 Å². The molecule has 2 unspecified atom stereocenters. The smallest absolute Gasteiger partial charge is 0.238 e. The Morgan fingerprint density at radius 3 is 2.95 bits per heavy atom. The van der Waals surface area contributed by atoms with E-state index in [-0.39, 0.29) is 12.0 Å². The molecule has 2 atom stereocenters. The monoisotopic (exact) mass is 277 g/mol. The van der Waals surface area contributed by atoms with Crippen LogP contribution < -0.4 is 11.1 Å². The van der Waals surface area contributed by atoms with Crippen molar-refractivity contribution in [3.8, 4) is 0 Å². The third-order valence-corrected chi connectivity index (χ3v) is 3.93. The van der Waals surface area contributed by atoms with Crippen LogP contribution in [0.4, 0.5) is 11.4 Å². The molecule has 1 aliphatic rings. The van der Waals surface area contributed by atoms with Crippen molar-refractivity contribution in [2.24, 2.45) is 5.92 Å². The van der Waals surface area contributed by atoms with E-state index >= 15 is 0 Å². The molecule has 20 heavy (non-hydrogen) atoms. The Labute approximate surface area is 119 Å². The summed E-state index contributed by atoms with van der Waals surface area (Å²) in [6.45, 7) is 5.68. The van der Waals surface area contributed by atoms with E-state index in [0.29, 0.717) is 30.4 Å².